The van der Waals surface area contributed by atoms with Crippen molar-refractivity contribution in [2.75, 3.05) is 5.32 Å². The minimum atomic E-state index is 0.538. The topological polar surface area (TPSA) is 38.0 Å². The molecule has 0 amide bonds. The van der Waals surface area contributed by atoms with E-state index in [1.807, 2.05) is 44.2 Å². The van der Waals surface area contributed by atoms with Gasteiger partial charge in [0.2, 0.25) is 0 Å². The van der Waals surface area contributed by atoms with Gasteiger partial charge in [-0.3, -0.25) is 0 Å². The normalized spacial score (nSPS) is 10.4. The van der Waals surface area contributed by atoms with Gasteiger partial charge in [0, 0.05) is 12.2 Å². The standard InChI is InChI=1S/C15H17ClN2/c1-10-6-11(2)15(14(16)7-10)18-13-5-3-4-12(8-13)9-17/h3-8,18H,9,17H2,1-2H3. The fraction of sp³-hybridized carbons (Fsp3) is 0.200. The highest BCUT2D eigenvalue weighted by atomic mass is 35.5. The van der Waals surface area contributed by atoms with E-state index in [1.54, 1.807) is 0 Å². The molecular weight excluding hydrogens is 244 g/mol. The number of nitrogens with two attached hydrogens (primary N) is 1. The van der Waals surface area contributed by atoms with Crippen LogP contribution >= 0.6 is 11.6 Å². The lowest BCUT2D eigenvalue weighted by Gasteiger charge is -2.13. The molecule has 0 aliphatic heterocycles. The van der Waals surface area contributed by atoms with Gasteiger partial charge in [-0.2, -0.15) is 0 Å². The third-order valence-corrected chi connectivity index (χ3v) is 3.16. The molecule has 0 atom stereocenters. The zero-order chi connectivity index (χ0) is 13.1. The number of anilines is 2. The first-order valence-corrected chi connectivity index (χ1v) is 6.30. The van der Waals surface area contributed by atoms with Crippen molar-refractivity contribution in [3.63, 3.8) is 0 Å². The van der Waals surface area contributed by atoms with E-state index in [-0.39, 0.29) is 0 Å². The molecule has 0 spiro atoms. The molecule has 3 heteroatoms. The molecule has 0 heterocycles. The highest BCUT2D eigenvalue weighted by Gasteiger charge is 2.05. The van der Waals surface area contributed by atoms with Crippen molar-refractivity contribution in [1.82, 2.24) is 0 Å². The molecule has 0 saturated carbocycles. The molecule has 2 aromatic carbocycles. The summed E-state index contributed by atoms with van der Waals surface area (Å²) >= 11 is 6.27. The zero-order valence-corrected chi connectivity index (χ0v) is 11.4. The first-order chi connectivity index (χ1) is 8.60. The second kappa shape index (κ2) is 5.42. The number of rotatable bonds is 3. The lowest BCUT2D eigenvalue weighted by molar-refractivity contribution is 1.07. The van der Waals surface area contributed by atoms with Gasteiger partial charge < -0.3 is 11.1 Å². The van der Waals surface area contributed by atoms with Crippen molar-refractivity contribution < 1.29 is 0 Å². The third kappa shape index (κ3) is 2.84. The first kappa shape index (κ1) is 12.9. The van der Waals surface area contributed by atoms with Gasteiger partial charge in [0.15, 0.2) is 0 Å². The highest BCUT2D eigenvalue weighted by molar-refractivity contribution is 6.33. The summed E-state index contributed by atoms with van der Waals surface area (Å²) in [5, 5.41) is 4.10. The summed E-state index contributed by atoms with van der Waals surface area (Å²) in [4.78, 5) is 0. The van der Waals surface area contributed by atoms with Gasteiger partial charge in [0.25, 0.3) is 0 Å². The number of hydrogen-bond acceptors (Lipinski definition) is 2. The van der Waals surface area contributed by atoms with Crippen LogP contribution in [0.2, 0.25) is 5.02 Å². The van der Waals surface area contributed by atoms with Crippen LogP contribution < -0.4 is 11.1 Å². The summed E-state index contributed by atoms with van der Waals surface area (Å²) in [6.07, 6.45) is 0. The van der Waals surface area contributed by atoms with Crippen LogP contribution in [0.15, 0.2) is 36.4 Å². The summed E-state index contributed by atoms with van der Waals surface area (Å²) < 4.78 is 0. The van der Waals surface area contributed by atoms with Gasteiger partial charge in [-0.05, 0) is 48.7 Å². The highest BCUT2D eigenvalue weighted by Crippen LogP contribution is 2.30. The van der Waals surface area contributed by atoms with E-state index in [0.717, 1.165) is 27.5 Å². The van der Waals surface area contributed by atoms with E-state index in [2.05, 4.69) is 11.4 Å². The Hall–Kier alpha value is -1.51. The number of halogens is 1. The molecule has 2 nitrogen and oxygen atoms in total. The number of hydrogen-bond donors (Lipinski definition) is 2. The molecule has 0 saturated heterocycles. The van der Waals surface area contributed by atoms with E-state index in [9.17, 15) is 0 Å². The van der Waals surface area contributed by atoms with Gasteiger partial charge in [0.05, 0.1) is 10.7 Å². The van der Waals surface area contributed by atoms with Crippen LogP contribution in [0.5, 0.6) is 0 Å². The summed E-state index contributed by atoms with van der Waals surface area (Å²) in [5.74, 6) is 0. The smallest absolute Gasteiger partial charge is 0.0646 e. The maximum atomic E-state index is 6.27. The maximum absolute atomic E-state index is 6.27. The molecular formula is C15H17ClN2. The van der Waals surface area contributed by atoms with Crippen LogP contribution in [-0.2, 0) is 6.54 Å². The van der Waals surface area contributed by atoms with Gasteiger partial charge in [0.1, 0.15) is 0 Å². The Morgan fingerprint density at radius 1 is 1.17 bits per heavy atom. The number of benzene rings is 2. The lowest BCUT2D eigenvalue weighted by atomic mass is 10.1. The summed E-state index contributed by atoms with van der Waals surface area (Å²) in [6, 6.07) is 12.1. The number of aryl methyl sites for hydroxylation is 2. The molecule has 0 bridgehead atoms. The van der Waals surface area contributed by atoms with E-state index in [0.29, 0.717) is 6.54 Å². The van der Waals surface area contributed by atoms with Gasteiger partial charge >= 0.3 is 0 Å². The zero-order valence-electron chi connectivity index (χ0n) is 10.6. The monoisotopic (exact) mass is 260 g/mol. The Labute approximate surface area is 113 Å². The molecule has 0 radical (unpaired) electrons. The molecule has 0 aromatic heterocycles. The summed E-state index contributed by atoms with van der Waals surface area (Å²) in [7, 11) is 0. The average Bonchev–Trinajstić information content (AvgIpc) is 2.34. The van der Waals surface area contributed by atoms with Crippen LogP contribution in [0, 0.1) is 13.8 Å². The van der Waals surface area contributed by atoms with Crippen LogP contribution in [0.25, 0.3) is 0 Å². The second-order valence-electron chi connectivity index (χ2n) is 4.47. The van der Waals surface area contributed by atoms with Crippen LogP contribution in [0.4, 0.5) is 11.4 Å². The van der Waals surface area contributed by atoms with E-state index < -0.39 is 0 Å². The van der Waals surface area contributed by atoms with Gasteiger partial charge in [-0.15, -0.1) is 0 Å². The molecule has 0 unspecified atom stereocenters. The van der Waals surface area contributed by atoms with Crippen molar-refractivity contribution >= 4 is 23.0 Å². The second-order valence-corrected chi connectivity index (χ2v) is 4.88. The molecule has 2 rings (SSSR count). The van der Waals surface area contributed by atoms with E-state index in [1.165, 1.54) is 5.56 Å². The van der Waals surface area contributed by atoms with Crippen LogP contribution in [0.1, 0.15) is 16.7 Å². The van der Waals surface area contributed by atoms with Crippen LogP contribution in [-0.4, -0.2) is 0 Å². The number of nitrogens with one attached hydrogen (secondary N) is 1. The SMILES string of the molecule is Cc1cc(C)c(Nc2cccc(CN)c2)c(Cl)c1. The quantitative estimate of drug-likeness (QED) is 0.870. The Balaban J connectivity index is 2.33. The molecule has 94 valence electrons. The minimum Gasteiger partial charge on any atom is -0.354 e. The van der Waals surface area contributed by atoms with Crippen molar-refractivity contribution in [3.05, 3.63) is 58.1 Å². The Bertz CT molecular complexity index is 541. The Morgan fingerprint density at radius 2 is 1.94 bits per heavy atom. The van der Waals surface area contributed by atoms with Crippen LogP contribution in [0.3, 0.4) is 0 Å². The fourth-order valence-corrected chi connectivity index (χ4v) is 2.36. The molecule has 0 aliphatic carbocycles. The van der Waals surface area contributed by atoms with E-state index >= 15 is 0 Å². The van der Waals surface area contributed by atoms with Crippen molar-refractivity contribution in [2.24, 2.45) is 5.73 Å². The largest absolute Gasteiger partial charge is 0.354 e. The van der Waals surface area contributed by atoms with Crippen molar-refractivity contribution in [3.8, 4) is 0 Å². The third-order valence-electron chi connectivity index (χ3n) is 2.86. The van der Waals surface area contributed by atoms with Gasteiger partial charge in [-0.1, -0.05) is 29.8 Å². The fourth-order valence-electron chi connectivity index (χ4n) is 1.99. The summed E-state index contributed by atoms with van der Waals surface area (Å²) in [5.41, 5.74) is 11.0. The van der Waals surface area contributed by atoms with E-state index in [4.69, 9.17) is 17.3 Å². The predicted octanol–water partition coefficient (Wildman–Crippen LogP) is 4.16. The molecule has 18 heavy (non-hydrogen) atoms. The first-order valence-electron chi connectivity index (χ1n) is 5.93. The average molecular weight is 261 g/mol. The maximum Gasteiger partial charge on any atom is 0.0646 e. The predicted molar refractivity (Wildman–Crippen MR) is 78.5 cm³/mol. The molecule has 0 fully saturated rings. The summed E-state index contributed by atoms with van der Waals surface area (Å²) in [6.45, 7) is 4.63. The molecule has 0 aliphatic rings. The molecule has 3 N–H and O–H groups in total. The van der Waals surface area contributed by atoms with Crippen molar-refractivity contribution in [1.29, 1.82) is 0 Å². The Morgan fingerprint density at radius 3 is 2.61 bits per heavy atom. The molecule has 2 aromatic rings. The van der Waals surface area contributed by atoms with Crippen molar-refractivity contribution in [2.45, 2.75) is 20.4 Å². The minimum absolute atomic E-state index is 0.538. The lowest BCUT2D eigenvalue weighted by Crippen LogP contribution is -1.99. The van der Waals surface area contributed by atoms with Gasteiger partial charge in [-0.25, -0.2) is 0 Å². The Kier molecular flexibility index (Phi) is 3.90.